The molecule has 0 aliphatic heterocycles. The molecule has 1 aromatic carbocycles. The van der Waals surface area contributed by atoms with Crippen molar-refractivity contribution in [2.45, 2.75) is 0 Å². The number of hydrogen-bond donors (Lipinski definition) is 3. The number of hydrogen-bond acceptors (Lipinski definition) is 4. The van der Waals surface area contributed by atoms with E-state index >= 15 is 0 Å². The molecule has 84 valence electrons. The predicted octanol–water partition coefficient (Wildman–Crippen LogP) is 1.28. The summed E-state index contributed by atoms with van der Waals surface area (Å²) in [6, 6.07) is 7.36. The monoisotopic (exact) mass is 254 g/mol. The molecule has 0 aliphatic carbocycles. The molecule has 0 spiro atoms. The fourth-order valence-corrected chi connectivity index (χ4v) is 2.36. The van der Waals surface area contributed by atoms with Gasteiger partial charge in [-0.15, -0.1) is 0 Å². The molecule has 0 amide bonds. The normalized spacial score (nSPS) is 15.7. The minimum atomic E-state index is -5.06. The van der Waals surface area contributed by atoms with Crippen LogP contribution in [0.1, 0.15) is 0 Å². The third kappa shape index (κ3) is 5.09. The maximum Gasteiger partial charge on any atom is 0.536 e. The lowest BCUT2D eigenvalue weighted by molar-refractivity contribution is 0.229. The zero-order valence-corrected chi connectivity index (χ0v) is 9.04. The lowest BCUT2D eigenvalue weighted by Crippen LogP contribution is -1.95. The molecule has 0 heterocycles. The molecule has 0 saturated carbocycles. The summed E-state index contributed by atoms with van der Waals surface area (Å²) in [5.74, 6) is -0.0308. The predicted molar refractivity (Wildman–Crippen MR) is 50.0 cm³/mol. The Morgan fingerprint density at radius 3 is 2.00 bits per heavy atom. The van der Waals surface area contributed by atoms with Crippen LogP contribution in [0.15, 0.2) is 30.3 Å². The SMILES string of the molecule is O=P(O)(O)OP(=O)(O)Oc1ccccc1. The summed E-state index contributed by atoms with van der Waals surface area (Å²) in [6.07, 6.45) is 0. The van der Waals surface area contributed by atoms with Crippen LogP contribution in [0, 0.1) is 0 Å². The van der Waals surface area contributed by atoms with Crippen LogP contribution in [-0.2, 0) is 13.4 Å². The van der Waals surface area contributed by atoms with Gasteiger partial charge in [0.05, 0.1) is 0 Å². The third-order valence-corrected chi connectivity index (χ3v) is 3.29. The minimum absolute atomic E-state index is 0.0308. The molecule has 1 aromatic rings. The second kappa shape index (κ2) is 4.45. The van der Waals surface area contributed by atoms with Crippen LogP contribution in [0.4, 0.5) is 0 Å². The van der Waals surface area contributed by atoms with Gasteiger partial charge in [0.15, 0.2) is 0 Å². The first-order valence-electron chi connectivity index (χ1n) is 3.63. The highest BCUT2D eigenvalue weighted by molar-refractivity contribution is 7.60. The first-order chi connectivity index (χ1) is 6.79. The van der Waals surface area contributed by atoms with E-state index in [9.17, 15) is 9.13 Å². The van der Waals surface area contributed by atoms with Gasteiger partial charge in [-0.1, -0.05) is 18.2 Å². The molecule has 0 bridgehead atoms. The van der Waals surface area contributed by atoms with Gasteiger partial charge in [-0.25, -0.2) is 9.13 Å². The van der Waals surface area contributed by atoms with Crippen LogP contribution in [-0.4, -0.2) is 14.7 Å². The van der Waals surface area contributed by atoms with Crippen molar-refractivity contribution in [2.24, 2.45) is 0 Å². The lowest BCUT2D eigenvalue weighted by Gasteiger charge is -2.12. The maximum atomic E-state index is 11.0. The van der Waals surface area contributed by atoms with Gasteiger partial charge in [0.2, 0.25) is 0 Å². The second-order valence-corrected chi connectivity index (χ2v) is 5.20. The van der Waals surface area contributed by atoms with Crippen molar-refractivity contribution in [1.29, 1.82) is 0 Å². The maximum absolute atomic E-state index is 11.0. The van der Waals surface area contributed by atoms with Gasteiger partial charge >= 0.3 is 15.6 Å². The molecule has 0 saturated heterocycles. The van der Waals surface area contributed by atoms with E-state index in [1.165, 1.54) is 24.3 Å². The van der Waals surface area contributed by atoms with Gasteiger partial charge in [0, 0.05) is 0 Å². The van der Waals surface area contributed by atoms with Crippen LogP contribution < -0.4 is 4.52 Å². The number of phosphoric ester groups is 1. The molecule has 0 aliphatic rings. The van der Waals surface area contributed by atoms with E-state index in [-0.39, 0.29) is 5.75 Å². The van der Waals surface area contributed by atoms with Crippen LogP contribution in [0.3, 0.4) is 0 Å². The molecule has 0 radical (unpaired) electrons. The van der Waals surface area contributed by atoms with E-state index in [0.29, 0.717) is 0 Å². The number of benzene rings is 1. The van der Waals surface area contributed by atoms with Gasteiger partial charge in [-0.3, -0.25) is 4.89 Å². The van der Waals surface area contributed by atoms with Crippen molar-refractivity contribution in [1.82, 2.24) is 0 Å². The summed E-state index contributed by atoms with van der Waals surface area (Å²) in [5, 5.41) is 0. The molecule has 9 heteroatoms. The molecular weight excluding hydrogens is 246 g/mol. The van der Waals surface area contributed by atoms with Crippen molar-refractivity contribution in [2.75, 3.05) is 0 Å². The quantitative estimate of drug-likeness (QED) is 0.693. The van der Waals surface area contributed by atoms with E-state index < -0.39 is 15.6 Å². The average molecular weight is 254 g/mol. The summed E-state index contributed by atoms with van der Waals surface area (Å²) >= 11 is 0. The molecule has 1 rings (SSSR count). The Balaban J connectivity index is 2.74. The van der Waals surface area contributed by atoms with Gasteiger partial charge < -0.3 is 14.3 Å². The molecule has 7 nitrogen and oxygen atoms in total. The number of rotatable bonds is 4. The highest BCUT2D eigenvalue weighted by Crippen LogP contribution is 2.57. The highest BCUT2D eigenvalue weighted by Gasteiger charge is 2.33. The fourth-order valence-electron chi connectivity index (χ4n) is 0.766. The summed E-state index contributed by atoms with van der Waals surface area (Å²) in [7, 11) is -9.86. The molecule has 3 N–H and O–H groups in total. The minimum Gasteiger partial charge on any atom is -0.404 e. The van der Waals surface area contributed by atoms with Crippen molar-refractivity contribution in [3.63, 3.8) is 0 Å². The van der Waals surface area contributed by atoms with Gasteiger partial charge in [0.25, 0.3) is 0 Å². The van der Waals surface area contributed by atoms with Crippen LogP contribution >= 0.6 is 15.6 Å². The summed E-state index contributed by atoms with van der Waals surface area (Å²) in [5.41, 5.74) is 0. The number of para-hydroxylation sites is 1. The largest absolute Gasteiger partial charge is 0.536 e. The molecule has 0 fully saturated rings. The van der Waals surface area contributed by atoms with Crippen LogP contribution in [0.2, 0.25) is 0 Å². The van der Waals surface area contributed by atoms with E-state index in [2.05, 4.69) is 8.83 Å². The molecule has 1 unspecified atom stereocenters. The van der Waals surface area contributed by atoms with E-state index in [1.807, 2.05) is 0 Å². The zero-order valence-electron chi connectivity index (χ0n) is 7.26. The van der Waals surface area contributed by atoms with E-state index in [0.717, 1.165) is 0 Å². The Morgan fingerprint density at radius 1 is 1.00 bits per heavy atom. The summed E-state index contributed by atoms with van der Waals surface area (Å²) < 4.78 is 29.3. The summed E-state index contributed by atoms with van der Waals surface area (Å²) in [4.78, 5) is 25.5. The van der Waals surface area contributed by atoms with Crippen molar-refractivity contribution in [3.05, 3.63) is 30.3 Å². The lowest BCUT2D eigenvalue weighted by atomic mass is 10.3. The molecule has 1 atom stereocenters. The highest BCUT2D eigenvalue weighted by atomic mass is 31.3. The first kappa shape index (κ1) is 12.4. The Labute approximate surface area is 85.1 Å². The second-order valence-electron chi connectivity index (χ2n) is 2.45. The van der Waals surface area contributed by atoms with Gasteiger partial charge in [-0.05, 0) is 12.1 Å². The van der Waals surface area contributed by atoms with Crippen molar-refractivity contribution in [3.8, 4) is 5.75 Å². The topological polar surface area (TPSA) is 113 Å². The Morgan fingerprint density at radius 2 is 1.53 bits per heavy atom. The molecular formula is C6H8O7P2. The van der Waals surface area contributed by atoms with Crippen LogP contribution in [0.5, 0.6) is 5.75 Å². The smallest absolute Gasteiger partial charge is 0.404 e. The first-order valence-corrected chi connectivity index (χ1v) is 6.65. The Hall–Kier alpha value is -0.680. The van der Waals surface area contributed by atoms with Gasteiger partial charge in [-0.2, -0.15) is 4.31 Å². The van der Waals surface area contributed by atoms with Crippen molar-refractivity contribution >= 4 is 15.6 Å². The third-order valence-electron chi connectivity index (χ3n) is 1.17. The Bertz CT molecular complexity index is 411. The van der Waals surface area contributed by atoms with Crippen LogP contribution in [0.25, 0.3) is 0 Å². The standard InChI is InChI=1S/C6H8O7P2/c7-14(8,9)13-15(10,11)12-6-4-2-1-3-5-6/h1-5H,(H,10,11)(H2,7,8,9). The van der Waals surface area contributed by atoms with Crippen molar-refractivity contribution < 1.29 is 32.6 Å². The molecule has 0 aromatic heterocycles. The number of phosphoric acid groups is 2. The summed E-state index contributed by atoms with van der Waals surface area (Å²) in [6.45, 7) is 0. The fraction of sp³-hybridized carbons (Fsp3) is 0. The van der Waals surface area contributed by atoms with E-state index in [1.54, 1.807) is 6.07 Å². The Kier molecular flexibility index (Phi) is 3.67. The zero-order chi connectivity index (χ0) is 11.5. The molecule has 15 heavy (non-hydrogen) atoms. The van der Waals surface area contributed by atoms with Gasteiger partial charge in [0.1, 0.15) is 5.75 Å². The van der Waals surface area contributed by atoms with E-state index in [4.69, 9.17) is 14.7 Å². The average Bonchev–Trinajstić information content (AvgIpc) is 1.99.